The van der Waals surface area contributed by atoms with Crippen LogP contribution in [0.5, 0.6) is 0 Å². The molecule has 1 N–H and O–H groups in total. The fraction of sp³-hybridized carbons (Fsp3) is 0.440. The highest BCUT2D eigenvalue weighted by Crippen LogP contribution is 2.26. The molecular weight excluding hydrogens is 390 g/mol. The number of fused-ring (bicyclic) bond motifs is 1. The summed E-state index contributed by atoms with van der Waals surface area (Å²) in [5.41, 5.74) is 3.20. The minimum atomic E-state index is -0.0674. The van der Waals surface area contributed by atoms with E-state index in [0.29, 0.717) is 23.6 Å². The predicted octanol–water partition coefficient (Wildman–Crippen LogP) is 4.67. The van der Waals surface area contributed by atoms with Crippen LogP contribution in [0.15, 0.2) is 47.1 Å². The third kappa shape index (κ3) is 6.15. The molecule has 1 aliphatic rings. The van der Waals surface area contributed by atoms with Crippen molar-refractivity contribution in [2.45, 2.75) is 33.6 Å². The van der Waals surface area contributed by atoms with Crippen molar-refractivity contribution in [2.75, 3.05) is 39.4 Å². The van der Waals surface area contributed by atoms with Crippen LogP contribution in [0.1, 0.15) is 42.6 Å². The summed E-state index contributed by atoms with van der Waals surface area (Å²) < 4.78 is 10.9. The maximum absolute atomic E-state index is 13.0. The lowest BCUT2D eigenvalue weighted by atomic mass is 10.0. The number of aryl methyl sites for hydroxylation is 1. The Hall–Kier alpha value is -2.70. The van der Waals surface area contributed by atoms with E-state index in [1.807, 2.05) is 57.2 Å². The molecule has 6 nitrogen and oxygen atoms in total. The molecule has 0 aliphatic carbocycles. The fourth-order valence-corrected chi connectivity index (χ4v) is 3.66. The van der Waals surface area contributed by atoms with Crippen LogP contribution in [0.3, 0.4) is 0 Å². The van der Waals surface area contributed by atoms with Gasteiger partial charge in [-0.3, -0.25) is 9.69 Å². The number of pyridine rings is 1. The van der Waals surface area contributed by atoms with Crippen LogP contribution in [-0.4, -0.2) is 55.2 Å². The zero-order valence-corrected chi connectivity index (χ0v) is 18.8. The lowest BCUT2D eigenvalue weighted by Gasteiger charge is -2.26. The number of ether oxygens (including phenoxy) is 1. The van der Waals surface area contributed by atoms with Crippen LogP contribution in [-0.2, 0) is 4.74 Å². The molecule has 1 amide bonds. The number of benzene rings is 1. The van der Waals surface area contributed by atoms with Crippen LogP contribution in [0.25, 0.3) is 22.4 Å². The number of nitrogens with zero attached hydrogens (tertiary/aromatic N) is 2. The fourth-order valence-electron chi connectivity index (χ4n) is 3.66. The van der Waals surface area contributed by atoms with Crippen LogP contribution >= 0.6 is 0 Å². The van der Waals surface area contributed by atoms with E-state index in [-0.39, 0.29) is 5.91 Å². The smallest absolute Gasteiger partial charge is 0.252 e. The van der Waals surface area contributed by atoms with Gasteiger partial charge >= 0.3 is 0 Å². The molecule has 31 heavy (non-hydrogen) atoms. The van der Waals surface area contributed by atoms with Crippen LogP contribution < -0.4 is 5.32 Å². The minimum Gasteiger partial charge on any atom is -0.463 e. The molecular formula is C25H33N3O3. The lowest BCUT2D eigenvalue weighted by molar-refractivity contribution is 0.0372. The van der Waals surface area contributed by atoms with E-state index in [9.17, 15) is 4.79 Å². The van der Waals surface area contributed by atoms with Crippen molar-refractivity contribution in [1.82, 2.24) is 15.2 Å². The summed E-state index contributed by atoms with van der Waals surface area (Å²) in [6, 6.07) is 11.5. The number of hydrogen-bond donors (Lipinski definition) is 1. The molecule has 3 aromatic rings. The van der Waals surface area contributed by atoms with Crippen LogP contribution in [0, 0.1) is 6.92 Å². The third-order valence-electron chi connectivity index (χ3n) is 5.27. The van der Waals surface area contributed by atoms with E-state index in [0.717, 1.165) is 62.2 Å². The van der Waals surface area contributed by atoms with Crippen molar-refractivity contribution >= 4 is 16.8 Å². The first-order valence-electron chi connectivity index (χ1n) is 11.2. The standard InChI is InChI=1S/C23H27N3O3.C2H6/c1-17-6-7-20-18(15-17)19(16-21(25-20)22-5-4-12-29-22)23(27)24-8-2-3-9-26-10-13-28-14-11-26;1-2/h4-7,12,15-16H,2-3,8-11,13-14H2,1H3,(H,24,27);1-2H3. The lowest BCUT2D eigenvalue weighted by Crippen LogP contribution is -2.37. The summed E-state index contributed by atoms with van der Waals surface area (Å²) >= 11 is 0. The summed E-state index contributed by atoms with van der Waals surface area (Å²) in [5.74, 6) is 0.592. The maximum Gasteiger partial charge on any atom is 0.252 e. The number of morpholine rings is 1. The van der Waals surface area contributed by atoms with Gasteiger partial charge in [-0.1, -0.05) is 25.5 Å². The first-order valence-corrected chi connectivity index (χ1v) is 11.2. The molecule has 1 aliphatic heterocycles. The zero-order chi connectivity index (χ0) is 22.1. The third-order valence-corrected chi connectivity index (χ3v) is 5.27. The number of unbranched alkanes of at least 4 members (excludes halogenated alkanes) is 1. The Morgan fingerprint density at radius 1 is 1.13 bits per heavy atom. The second-order valence-corrected chi connectivity index (χ2v) is 7.47. The van der Waals surface area contributed by atoms with E-state index in [4.69, 9.17) is 9.15 Å². The molecule has 0 saturated carbocycles. The second-order valence-electron chi connectivity index (χ2n) is 7.47. The molecule has 1 saturated heterocycles. The summed E-state index contributed by atoms with van der Waals surface area (Å²) in [6.07, 6.45) is 3.63. The van der Waals surface area contributed by atoms with Crippen LogP contribution in [0.4, 0.5) is 0 Å². The molecule has 1 fully saturated rings. The molecule has 0 spiro atoms. The number of rotatable bonds is 7. The Kier molecular flexibility index (Phi) is 8.62. The Balaban J connectivity index is 0.00000132. The van der Waals surface area contributed by atoms with E-state index < -0.39 is 0 Å². The van der Waals surface area contributed by atoms with Gasteiger partial charge in [-0.05, 0) is 56.6 Å². The monoisotopic (exact) mass is 423 g/mol. The van der Waals surface area contributed by atoms with Gasteiger partial charge in [0.15, 0.2) is 5.76 Å². The van der Waals surface area contributed by atoms with Crippen molar-refractivity contribution in [3.63, 3.8) is 0 Å². The normalized spacial score (nSPS) is 14.2. The topological polar surface area (TPSA) is 67.6 Å². The SMILES string of the molecule is CC.Cc1ccc2nc(-c3ccco3)cc(C(=O)NCCCCN3CCOCC3)c2c1. The van der Waals surface area contributed by atoms with Crippen molar-refractivity contribution in [3.8, 4) is 11.5 Å². The molecule has 0 radical (unpaired) electrons. The average Bonchev–Trinajstić information content (AvgIpc) is 3.35. The summed E-state index contributed by atoms with van der Waals surface area (Å²) in [6.45, 7) is 11.4. The van der Waals surface area contributed by atoms with Crippen molar-refractivity contribution in [1.29, 1.82) is 0 Å². The predicted molar refractivity (Wildman–Crippen MR) is 124 cm³/mol. The molecule has 166 valence electrons. The molecule has 3 heterocycles. The molecule has 2 aromatic heterocycles. The van der Waals surface area contributed by atoms with Gasteiger partial charge in [0.1, 0.15) is 5.69 Å². The highest BCUT2D eigenvalue weighted by Gasteiger charge is 2.15. The first kappa shape index (κ1) is 23.0. The van der Waals surface area contributed by atoms with Crippen molar-refractivity contribution in [2.24, 2.45) is 0 Å². The number of carbonyl (C=O) groups excluding carboxylic acids is 1. The summed E-state index contributed by atoms with van der Waals surface area (Å²) in [5, 5.41) is 3.95. The average molecular weight is 424 g/mol. The number of hydrogen-bond acceptors (Lipinski definition) is 5. The van der Waals surface area contributed by atoms with E-state index >= 15 is 0 Å². The van der Waals surface area contributed by atoms with Gasteiger partial charge < -0.3 is 14.5 Å². The van der Waals surface area contributed by atoms with Crippen molar-refractivity contribution < 1.29 is 13.9 Å². The van der Waals surface area contributed by atoms with Gasteiger partial charge in [-0.15, -0.1) is 0 Å². The molecule has 6 heteroatoms. The summed E-state index contributed by atoms with van der Waals surface area (Å²) in [4.78, 5) is 20.1. The summed E-state index contributed by atoms with van der Waals surface area (Å²) in [7, 11) is 0. The molecule has 4 rings (SSSR count). The highest BCUT2D eigenvalue weighted by molar-refractivity contribution is 6.07. The number of amides is 1. The van der Waals surface area contributed by atoms with E-state index in [2.05, 4.69) is 15.2 Å². The minimum absolute atomic E-state index is 0.0674. The molecule has 0 bridgehead atoms. The van der Waals surface area contributed by atoms with Gasteiger partial charge in [0.2, 0.25) is 0 Å². The highest BCUT2D eigenvalue weighted by atomic mass is 16.5. The van der Waals surface area contributed by atoms with E-state index in [1.165, 1.54) is 0 Å². The van der Waals surface area contributed by atoms with Gasteiger partial charge in [0.25, 0.3) is 5.91 Å². The zero-order valence-electron chi connectivity index (χ0n) is 18.8. The Labute approximate surface area is 184 Å². The van der Waals surface area contributed by atoms with Gasteiger partial charge in [-0.25, -0.2) is 4.98 Å². The molecule has 0 atom stereocenters. The maximum atomic E-state index is 13.0. The molecule has 1 aromatic carbocycles. The number of aromatic nitrogens is 1. The Morgan fingerprint density at radius 3 is 2.68 bits per heavy atom. The number of furan rings is 1. The van der Waals surface area contributed by atoms with Gasteiger partial charge in [-0.2, -0.15) is 0 Å². The number of carbonyl (C=O) groups is 1. The van der Waals surface area contributed by atoms with Crippen molar-refractivity contribution in [3.05, 3.63) is 53.8 Å². The first-order chi connectivity index (χ1) is 15.2. The van der Waals surface area contributed by atoms with Crippen LogP contribution in [0.2, 0.25) is 0 Å². The Bertz CT molecular complexity index is 964. The number of nitrogens with one attached hydrogen (secondary N) is 1. The Morgan fingerprint density at radius 2 is 1.94 bits per heavy atom. The van der Waals surface area contributed by atoms with Gasteiger partial charge in [0.05, 0.1) is 30.6 Å². The quantitative estimate of drug-likeness (QED) is 0.559. The largest absolute Gasteiger partial charge is 0.463 e. The van der Waals surface area contributed by atoms with E-state index in [1.54, 1.807) is 6.26 Å². The molecule has 0 unspecified atom stereocenters. The second kappa shape index (κ2) is 11.6. The van der Waals surface area contributed by atoms with Gasteiger partial charge in [0, 0.05) is 25.0 Å².